The summed E-state index contributed by atoms with van der Waals surface area (Å²) in [6.45, 7) is 11.6. The number of hydrogen-bond acceptors (Lipinski definition) is 3. The topological polar surface area (TPSA) is 42.3 Å². The third kappa shape index (κ3) is 4.04. The van der Waals surface area contributed by atoms with Gasteiger partial charge >= 0.3 is 0 Å². The van der Waals surface area contributed by atoms with Gasteiger partial charge in [0.05, 0.1) is 23.9 Å². The first-order chi connectivity index (χ1) is 14.9. The van der Waals surface area contributed by atoms with Gasteiger partial charge in [-0.2, -0.15) is 0 Å². The van der Waals surface area contributed by atoms with Gasteiger partial charge in [0.2, 0.25) is 0 Å². The van der Waals surface area contributed by atoms with E-state index in [-0.39, 0.29) is 18.2 Å². The lowest BCUT2D eigenvalue weighted by molar-refractivity contribution is 0.242. The molecule has 0 radical (unpaired) electrons. The molecule has 1 N–H and O–H groups in total. The largest absolute Gasteiger partial charge is 0.491 e. The summed E-state index contributed by atoms with van der Waals surface area (Å²) in [4.78, 5) is 6.87. The van der Waals surface area contributed by atoms with Crippen LogP contribution in [0.3, 0.4) is 0 Å². The van der Waals surface area contributed by atoms with Crippen molar-refractivity contribution in [2.45, 2.75) is 59.4 Å². The minimum Gasteiger partial charge on any atom is -0.491 e. The summed E-state index contributed by atoms with van der Waals surface area (Å²) in [7, 11) is 0. The third-order valence-electron chi connectivity index (χ3n) is 5.83. The second kappa shape index (κ2) is 8.71. The molecule has 1 fully saturated rings. The van der Waals surface area contributed by atoms with Crippen LogP contribution < -0.4 is 15.0 Å². The molecule has 4 rings (SSSR count). The normalized spacial score (nSPS) is 18.5. The molecule has 162 valence electrons. The molecular weight excluding hydrogens is 404 g/mol. The summed E-state index contributed by atoms with van der Waals surface area (Å²) < 4.78 is 8.18. The molecule has 0 unspecified atom stereocenters. The van der Waals surface area contributed by atoms with Crippen LogP contribution in [0.15, 0.2) is 54.7 Å². The van der Waals surface area contributed by atoms with Gasteiger partial charge in [-0.25, -0.2) is 0 Å². The zero-order valence-electron chi connectivity index (χ0n) is 18.8. The van der Waals surface area contributed by atoms with Crippen LogP contribution in [-0.4, -0.2) is 20.8 Å². The van der Waals surface area contributed by atoms with E-state index in [1.807, 2.05) is 44.3 Å². The van der Waals surface area contributed by atoms with E-state index in [9.17, 15) is 0 Å². The fraction of sp³-hybridized carbons (Fsp3) is 0.360. The van der Waals surface area contributed by atoms with Crippen molar-refractivity contribution in [3.63, 3.8) is 0 Å². The van der Waals surface area contributed by atoms with Crippen LogP contribution >= 0.6 is 12.2 Å². The highest BCUT2D eigenvalue weighted by Gasteiger charge is 2.42. The number of aromatic nitrogens is 2. The van der Waals surface area contributed by atoms with Crippen molar-refractivity contribution in [3.05, 3.63) is 77.4 Å². The molecule has 3 heterocycles. The third-order valence-corrected chi connectivity index (χ3v) is 6.15. The fourth-order valence-electron chi connectivity index (χ4n) is 4.52. The lowest BCUT2D eigenvalue weighted by Gasteiger charge is -2.28. The van der Waals surface area contributed by atoms with Crippen molar-refractivity contribution in [3.8, 4) is 5.75 Å². The average molecular weight is 435 g/mol. The van der Waals surface area contributed by atoms with Gasteiger partial charge in [0.15, 0.2) is 5.11 Å². The number of rotatable bonds is 6. The SMILES string of the molecule is CCn1c(C)cc([C@H]2[C@@H](c3ccccn3)NC(=S)N2c2ccc(OC(C)C)cc2)c1C. The van der Waals surface area contributed by atoms with Crippen molar-refractivity contribution in [2.24, 2.45) is 0 Å². The minimum atomic E-state index is -0.0360. The predicted molar refractivity (Wildman–Crippen MR) is 130 cm³/mol. The first-order valence-corrected chi connectivity index (χ1v) is 11.3. The Morgan fingerprint density at radius 1 is 1.13 bits per heavy atom. The van der Waals surface area contributed by atoms with Crippen molar-refractivity contribution in [1.29, 1.82) is 0 Å². The summed E-state index contributed by atoms with van der Waals surface area (Å²) in [5.74, 6) is 0.860. The maximum absolute atomic E-state index is 5.84. The molecule has 0 bridgehead atoms. The standard InChI is InChI=1S/C25H30N4OS/c1-6-28-17(4)15-21(18(28)5)24-23(22-9-7-8-14-26-22)27-25(31)29(24)19-10-12-20(13-11-19)30-16(2)3/h7-16,23-24H,6H2,1-5H3,(H,27,31)/t23-,24+/m1/s1. The van der Waals surface area contributed by atoms with Crippen LogP contribution in [0.2, 0.25) is 0 Å². The number of anilines is 1. The average Bonchev–Trinajstić information content (AvgIpc) is 3.24. The van der Waals surface area contributed by atoms with Crippen LogP contribution in [0.5, 0.6) is 5.75 Å². The van der Waals surface area contributed by atoms with Crippen LogP contribution in [-0.2, 0) is 6.54 Å². The maximum atomic E-state index is 5.84. The molecule has 3 aromatic rings. The Morgan fingerprint density at radius 2 is 1.87 bits per heavy atom. The molecule has 2 atom stereocenters. The molecule has 31 heavy (non-hydrogen) atoms. The van der Waals surface area contributed by atoms with Crippen molar-refractivity contribution in [2.75, 3.05) is 4.90 Å². The molecule has 0 amide bonds. The summed E-state index contributed by atoms with van der Waals surface area (Å²) in [6, 6.07) is 16.5. The number of benzene rings is 1. The van der Waals surface area contributed by atoms with E-state index >= 15 is 0 Å². The summed E-state index contributed by atoms with van der Waals surface area (Å²) >= 11 is 5.84. The second-order valence-corrected chi connectivity index (χ2v) is 8.61. The number of ether oxygens (including phenoxy) is 1. The van der Waals surface area contributed by atoms with Gasteiger partial charge in [0, 0.05) is 29.8 Å². The first kappa shape index (κ1) is 21.4. The quantitative estimate of drug-likeness (QED) is 0.520. The number of nitrogens with one attached hydrogen (secondary N) is 1. The van der Waals surface area contributed by atoms with Crippen molar-refractivity contribution in [1.82, 2.24) is 14.9 Å². The molecule has 2 aromatic heterocycles. The maximum Gasteiger partial charge on any atom is 0.174 e. The van der Waals surface area contributed by atoms with Crippen LogP contribution in [0.4, 0.5) is 5.69 Å². The Kier molecular flexibility index (Phi) is 6.01. The number of thiocarbonyl (C=S) groups is 1. The Hall–Kier alpha value is -2.86. The molecule has 1 aliphatic rings. The van der Waals surface area contributed by atoms with E-state index in [4.69, 9.17) is 17.0 Å². The van der Waals surface area contributed by atoms with Crippen LogP contribution in [0.25, 0.3) is 0 Å². The lowest BCUT2D eigenvalue weighted by atomic mass is 9.96. The highest BCUT2D eigenvalue weighted by molar-refractivity contribution is 7.80. The van der Waals surface area contributed by atoms with Crippen LogP contribution in [0.1, 0.15) is 55.5 Å². The Bertz CT molecular complexity index is 1060. The molecule has 1 saturated heterocycles. The van der Waals surface area contributed by atoms with E-state index in [1.165, 1.54) is 17.0 Å². The summed E-state index contributed by atoms with van der Waals surface area (Å²) in [5.41, 5.74) is 5.82. The molecule has 0 spiro atoms. The van der Waals surface area contributed by atoms with Gasteiger partial charge < -0.3 is 19.5 Å². The Morgan fingerprint density at radius 3 is 2.45 bits per heavy atom. The summed E-state index contributed by atoms with van der Waals surface area (Å²) in [6.07, 6.45) is 1.98. The van der Waals surface area contributed by atoms with Gasteiger partial charge in [-0.3, -0.25) is 4.98 Å². The first-order valence-electron chi connectivity index (χ1n) is 10.8. The minimum absolute atomic E-state index is 0.00534. The highest BCUT2D eigenvalue weighted by Crippen LogP contribution is 2.43. The monoisotopic (exact) mass is 434 g/mol. The molecule has 5 nitrogen and oxygen atoms in total. The smallest absolute Gasteiger partial charge is 0.174 e. The zero-order valence-corrected chi connectivity index (χ0v) is 19.6. The molecule has 0 saturated carbocycles. The van der Waals surface area contributed by atoms with Gasteiger partial charge in [0.25, 0.3) is 0 Å². The van der Waals surface area contributed by atoms with Crippen LogP contribution in [0, 0.1) is 13.8 Å². The number of nitrogens with zero attached hydrogens (tertiary/aromatic N) is 3. The van der Waals surface area contributed by atoms with E-state index < -0.39 is 0 Å². The number of pyridine rings is 1. The summed E-state index contributed by atoms with van der Waals surface area (Å²) in [5, 5.41) is 4.25. The highest BCUT2D eigenvalue weighted by atomic mass is 32.1. The molecule has 1 aliphatic heterocycles. The molecule has 6 heteroatoms. The van der Waals surface area contributed by atoms with Crippen molar-refractivity contribution >= 4 is 23.0 Å². The van der Waals surface area contributed by atoms with E-state index in [1.54, 1.807) is 0 Å². The van der Waals surface area contributed by atoms with E-state index in [0.717, 1.165) is 23.7 Å². The Labute approximate surface area is 190 Å². The molecular formula is C25H30N4OS. The van der Waals surface area contributed by atoms with Crippen molar-refractivity contribution < 1.29 is 4.74 Å². The molecule has 1 aromatic carbocycles. The number of hydrogen-bond donors (Lipinski definition) is 1. The van der Waals surface area contributed by atoms with Gasteiger partial charge in [-0.15, -0.1) is 0 Å². The van der Waals surface area contributed by atoms with E-state index in [2.05, 4.69) is 64.8 Å². The predicted octanol–water partition coefficient (Wildman–Crippen LogP) is 5.48. The molecule has 0 aliphatic carbocycles. The second-order valence-electron chi connectivity index (χ2n) is 8.23. The fourth-order valence-corrected chi connectivity index (χ4v) is 4.87. The Balaban J connectivity index is 1.80. The lowest BCUT2D eigenvalue weighted by Crippen LogP contribution is -2.29. The zero-order chi connectivity index (χ0) is 22.1. The van der Waals surface area contributed by atoms with E-state index in [0.29, 0.717) is 5.11 Å². The van der Waals surface area contributed by atoms with Gasteiger partial charge in [-0.05, 0) is 94.9 Å². The number of aryl methyl sites for hydroxylation is 1. The van der Waals surface area contributed by atoms with Gasteiger partial charge in [-0.1, -0.05) is 6.07 Å². The van der Waals surface area contributed by atoms with Gasteiger partial charge in [0.1, 0.15) is 5.75 Å².